The Kier molecular flexibility index (Phi) is 4.76. The lowest BCUT2D eigenvalue weighted by Crippen LogP contribution is -2.12. The summed E-state index contributed by atoms with van der Waals surface area (Å²) in [5.41, 5.74) is 3.92. The zero-order valence-electron chi connectivity index (χ0n) is 12.0. The number of hydrogen-bond donors (Lipinski definition) is 1. The number of rotatable bonds is 3. The van der Waals surface area contributed by atoms with E-state index in [1.807, 2.05) is 6.92 Å². The third-order valence-corrected chi connectivity index (χ3v) is 3.39. The van der Waals surface area contributed by atoms with Gasteiger partial charge in [-0.2, -0.15) is 18.3 Å². The minimum atomic E-state index is -4.41. The van der Waals surface area contributed by atoms with Crippen molar-refractivity contribution in [2.75, 3.05) is 5.43 Å². The van der Waals surface area contributed by atoms with E-state index >= 15 is 0 Å². The van der Waals surface area contributed by atoms with Gasteiger partial charge in [-0.1, -0.05) is 29.8 Å². The molecule has 22 heavy (non-hydrogen) atoms. The van der Waals surface area contributed by atoms with Crippen molar-refractivity contribution in [2.24, 2.45) is 5.10 Å². The van der Waals surface area contributed by atoms with Crippen molar-refractivity contribution in [1.82, 2.24) is 0 Å². The number of benzene rings is 2. The zero-order chi connectivity index (χ0) is 16.3. The lowest BCUT2D eigenvalue weighted by atomic mass is 10.0. The maximum Gasteiger partial charge on any atom is 0.417 e. The fourth-order valence-corrected chi connectivity index (χ4v) is 2.23. The maximum atomic E-state index is 13.0. The summed E-state index contributed by atoms with van der Waals surface area (Å²) >= 11 is 5.86. The van der Waals surface area contributed by atoms with Gasteiger partial charge in [0.05, 0.1) is 17.0 Å². The molecule has 0 aliphatic rings. The highest BCUT2D eigenvalue weighted by Crippen LogP contribution is 2.32. The van der Waals surface area contributed by atoms with Gasteiger partial charge in [0.25, 0.3) is 0 Å². The van der Waals surface area contributed by atoms with Crippen molar-refractivity contribution in [3.63, 3.8) is 0 Å². The highest BCUT2D eigenvalue weighted by Gasteiger charge is 2.33. The van der Waals surface area contributed by atoms with Gasteiger partial charge in [-0.15, -0.1) is 0 Å². The monoisotopic (exact) mass is 326 g/mol. The molecule has 0 saturated heterocycles. The quantitative estimate of drug-likeness (QED) is 0.584. The molecule has 2 rings (SSSR count). The van der Waals surface area contributed by atoms with E-state index in [1.165, 1.54) is 19.1 Å². The summed E-state index contributed by atoms with van der Waals surface area (Å²) in [5, 5.41) is 4.64. The summed E-state index contributed by atoms with van der Waals surface area (Å²) in [6.45, 7) is 3.37. The molecule has 0 aromatic heterocycles. The number of hydrazone groups is 1. The van der Waals surface area contributed by atoms with Gasteiger partial charge in [-0.05, 0) is 43.7 Å². The molecular weight excluding hydrogens is 313 g/mol. The van der Waals surface area contributed by atoms with Crippen LogP contribution >= 0.6 is 11.6 Å². The standard InChI is InChI=1S/C16H14ClF3N2/c1-10-9-12(17)7-8-15(10)22-21-11(2)13-5-3-4-6-14(13)16(18,19)20/h3-9,22H,1-2H3. The minimum absolute atomic E-state index is 0.0501. The van der Waals surface area contributed by atoms with Gasteiger partial charge in [0.1, 0.15) is 0 Å². The van der Waals surface area contributed by atoms with Crippen LogP contribution in [0.2, 0.25) is 5.02 Å². The molecule has 0 saturated carbocycles. The Bertz CT molecular complexity index is 709. The van der Waals surface area contributed by atoms with E-state index in [0.29, 0.717) is 10.7 Å². The van der Waals surface area contributed by atoms with E-state index in [1.54, 1.807) is 24.3 Å². The van der Waals surface area contributed by atoms with Gasteiger partial charge >= 0.3 is 6.18 Å². The summed E-state index contributed by atoms with van der Waals surface area (Å²) < 4.78 is 39.0. The van der Waals surface area contributed by atoms with Crippen molar-refractivity contribution >= 4 is 23.0 Å². The van der Waals surface area contributed by atoms with Crippen LogP contribution in [0.5, 0.6) is 0 Å². The molecule has 0 radical (unpaired) electrons. The lowest BCUT2D eigenvalue weighted by Gasteiger charge is -2.13. The second kappa shape index (κ2) is 6.40. The topological polar surface area (TPSA) is 24.4 Å². The Morgan fingerprint density at radius 1 is 1.14 bits per heavy atom. The number of halogens is 4. The first-order valence-electron chi connectivity index (χ1n) is 6.52. The molecule has 2 nitrogen and oxygen atoms in total. The molecule has 0 aliphatic heterocycles. The predicted octanol–water partition coefficient (Wildman–Crippen LogP) is 5.50. The SMILES string of the molecule is CC(=NNc1ccc(Cl)cc1C)c1ccccc1C(F)(F)F. The third-order valence-electron chi connectivity index (χ3n) is 3.15. The molecular formula is C16H14ClF3N2. The molecule has 2 aromatic carbocycles. The molecule has 0 heterocycles. The minimum Gasteiger partial charge on any atom is -0.278 e. The number of aryl methyl sites for hydroxylation is 1. The molecule has 0 spiro atoms. The molecule has 116 valence electrons. The fourth-order valence-electron chi connectivity index (χ4n) is 2.00. The summed E-state index contributed by atoms with van der Waals surface area (Å²) in [5.74, 6) is 0. The Morgan fingerprint density at radius 2 is 1.82 bits per heavy atom. The molecule has 0 fully saturated rings. The van der Waals surface area contributed by atoms with Crippen molar-refractivity contribution in [2.45, 2.75) is 20.0 Å². The highest BCUT2D eigenvalue weighted by molar-refractivity contribution is 6.30. The average Bonchev–Trinajstić information content (AvgIpc) is 2.45. The normalized spacial score (nSPS) is 12.4. The second-order valence-corrected chi connectivity index (χ2v) is 5.25. The number of nitrogens with zero attached hydrogens (tertiary/aromatic N) is 1. The first kappa shape index (κ1) is 16.4. The van der Waals surface area contributed by atoms with Gasteiger partial charge in [-0.25, -0.2) is 0 Å². The molecule has 0 aliphatic carbocycles. The fraction of sp³-hybridized carbons (Fsp3) is 0.188. The van der Waals surface area contributed by atoms with Crippen LogP contribution in [0.4, 0.5) is 18.9 Å². The van der Waals surface area contributed by atoms with Crippen molar-refractivity contribution < 1.29 is 13.2 Å². The van der Waals surface area contributed by atoms with Crippen LogP contribution in [0.15, 0.2) is 47.6 Å². The first-order chi connectivity index (χ1) is 10.3. The number of nitrogens with one attached hydrogen (secondary N) is 1. The van der Waals surface area contributed by atoms with Crippen LogP contribution < -0.4 is 5.43 Å². The van der Waals surface area contributed by atoms with E-state index in [4.69, 9.17) is 11.6 Å². The van der Waals surface area contributed by atoms with Crippen LogP contribution in [-0.2, 0) is 6.18 Å². The van der Waals surface area contributed by atoms with Gasteiger partial charge in [-0.3, -0.25) is 5.43 Å². The van der Waals surface area contributed by atoms with Gasteiger partial charge < -0.3 is 0 Å². The molecule has 0 bridgehead atoms. The molecule has 0 unspecified atom stereocenters. The lowest BCUT2D eigenvalue weighted by molar-refractivity contribution is -0.137. The van der Waals surface area contributed by atoms with Crippen LogP contribution in [0.3, 0.4) is 0 Å². The molecule has 6 heteroatoms. The first-order valence-corrected chi connectivity index (χ1v) is 6.90. The van der Waals surface area contributed by atoms with Crippen molar-refractivity contribution in [1.29, 1.82) is 0 Å². The average molecular weight is 327 g/mol. The van der Waals surface area contributed by atoms with Crippen molar-refractivity contribution in [3.05, 3.63) is 64.2 Å². The summed E-state index contributed by atoms with van der Waals surface area (Å²) in [4.78, 5) is 0. The van der Waals surface area contributed by atoms with E-state index in [2.05, 4.69) is 10.5 Å². The molecule has 0 amide bonds. The van der Waals surface area contributed by atoms with Crippen LogP contribution in [-0.4, -0.2) is 5.71 Å². The largest absolute Gasteiger partial charge is 0.417 e. The summed E-state index contributed by atoms with van der Waals surface area (Å²) in [7, 11) is 0. The maximum absolute atomic E-state index is 13.0. The number of alkyl halides is 3. The zero-order valence-corrected chi connectivity index (χ0v) is 12.8. The van der Waals surface area contributed by atoms with Crippen molar-refractivity contribution in [3.8, 4) is 0 Å². The Morgan fingerprint density at radius 3 is 2.45 bits per heavy atom. The second-order valence-electron chi connectivity index (χ2n) is 4.81. The van der Waals surface area contributed by atoms with E-state index < -0.39 is 11.7 Å². The summed E-state index contributed by atoms with van der Waals surface area (Å²) in [6, 6.07) is 10.5. The van der Waals surface area contributed by atoms with Crippen LogP contribution in [0.25, 0.3) is 0 Å². The van der Waals surface area contributed by atoms with Crippen LogP contribution in [0.1, 0.15) is 23.6 Å². The van der Waals surface area contributed by atoms with E-state index in [9.17, 15) is 13.2 Å². The summed E-state index contributed by atoms with van der Waals surface area (Å²) in [6.07, 6.45) is -4.41. The Balaban J connectivity index is 2.30. The number of anilines is 1. The third kappa shape index (κ3) is 3.80. The molecule has 1 N–H and O–H groups in total. The van der Waals surface area contributed by atoms with E-state index in [0.717, 1.165) is 11.6 Å². The van der Waals surface area contributed by atoms with Gasteiger partial charge in [0.15, 0.2) is 0 Å². The van der Waals surface area contributed by atoms with Gasteiger partial charge in [0.2, 0.25) is 0 Å². The van der Waals surface area contributed by atoms with E-state index in [-0.39, 0.29) is 11.3 Å². The smallest absolute Gasteiger partial charge is 0.278 e. The predicted molar refractivity (Wildman–Crippen MR) is 83.5 cm³/mol. The van der Waals surface area contributed by atoms with Gasteiger partial charge in [0, 0.05) is 10.6 Å². The molecule has 2 aromatic rings. The Hall–Kier alpha value is -2.01. The molecule has 0 atom stereocenters. The number of hydrogen-bond acceptors (Lipinski definition) is 2. The highest BCUT2D eigenvalue weighted by atomic mass is 35.5. The Labute approximate surface area is 131 Å². The van der Waals surface area contributed by atoms with Crippen LogP contribution in [0, 0.1) is 6.92 Å².